The van der Waals surface area contributed by atoms with Crippen LogP contribution >= 0.6 is 0 Å². The highest BCUT2D eigenvalue weighted by Gasteiger charge is 2.27. The molecule has 0 aromatic rings. The summed E-state index contributed by atoms with van der Waals surface area (Å²) in [6.45, 7) is 9.25. The number of likely N-dealkylation sites (N-methyl/N-ethyl adjacent to an activating group) is 1. The van der Waals surface area contributed by atoms with Crippen molar-refractivity contribution in [3.63, 3.8) is 0 Å². The summed E-state index contributed by atoms with van der Waals surface area (Å²) in [5.74, 6) is 6.08. The van der Waals surface area contributed by atoms with Crippen molar-refractivity contribution >= 4 is 0 Å². The number of hydrogen-bond donors (Lipinski definition) is 1. The van der Waals surface area contributed by atoms with Gasteiger partial charge in [-0.1, -0.05) is 0 Å². The molecule has 1 aliphatic heterocycles. The van der Waals surface area contributed by atoms with E-state index < -0.39 is 0 Å². The van der Waals surface area contributed by atoms with Crippen LogP contribution in [0, 0.1) is 11.8 Å². The predicted octanol–water partition coefficient (Wildman–Crippen LogP) is 1.10. The molecule has 0 spiro atoms. The van der Waals surface area contributed by atoms with Crippen LogP contribution in [-0.2, 0) is 4.74 Å². The van der Waals surface area contributed by atoms with Gasteiger partial charge in [-0.15, -0.1) is 11.8 Å². The quantitative estimate of drug-likeness (QED) is 0.724. The standard InChI is InChI=1S/C13H24N2O/c1-5-6-7-12(14-4)13-10-15(11(2)3)8-9-16-13/h11-14H,7-10H2,1-4H3. The molecule has 92 valence electrons. The van der Waals surface area contributed by atoms with Crippen molar-refractivity contribution in [3.05, 3.63) is 0 Å². The van der Waals surface area contributed by atoms with E-state index in [2.05, 4.69) is 35.9 Å². The minimum absolute atomic E-state index is 0.266. The lowest BCUT2D eigenvalue weighted by molar-refractivity contribution is -0.0535. The number of nitrogens with one attached hydrogen (secondary N) is 1. The Morgan fingerprint density at radius 3 is 2.81 bits per heavy atom. The summed E-state index contributed by atoms with van der Waals surface area (Å²) in [5.41, 5.74) is 0. The highest BCUT2D eigenvalue weighted by Crippen LogP contribution is 2.13. The van der Waals surface area contributed by atoms with E-state index in [1.165, 1.54) is 0 Å². The van der Waals surface area contributed by atoms with Crippen molar-refractivity contribution in [3.8, 4) is 11.8 Å². The monoisotopic (exact) mass is 224 g/mol. The SMILES string of the molecule is CC#CCC(NC)C1CN(C(C)C)CCO1. The molecular weight excluding hydrogens is 200 g/mol. The van der Waals surface area contributed by atoms with Gasteiger partial charge in [0, 0.05) is 31.6 Å². The normalized spacial score (nSPS) is 23.9. The van der Waals surface area contributed by atoms with Crippen LogP contribution < -0.4 is 5.32 Å². The Hall–Kier alpha value is -0.560. The summed E-state index contributed by atoms with van der Waals surface area (Å²) in [6, 6.07) is 0.940. The summed E-state index contributed by atoms with van der Waals surface area (Å²) in [7, 11) is 1.99. The zero-order chi connectivity index (χ0) is 12.0. The highest BCUT2D eigenvalue weighted by atomic mass is 16.5. The highest BCUT2D eigenvalue weighted by molar-refractivity contribution is 5.00. The topological polar surface area (TPSA) is 24.5 Å². The van der Waals surface area contributed by atoms with Gasteiger partial charge in [-0.05, 0) is 27.8 Å². The number of morpholine rings is 1. The van der Waals surface area contributed by atoms with Gasteiger partial charge in [0.2, 0.25) is 0 Å². The van der Waals surface area contributed by atoms with Crippen LogP contribution in [0.4, 0.5) is 0 Å². The fourth-order valence-electron chi connectivity index (χ4n) is 2.04. The smallest absolute Gasteiger partial charge is 0.0864 e. The molecule has 0 aromatic heterocycles. The van der Waals surface area contributed by atoms with Gasteiger partial charge in [0.15, 0.2) is 0 Å². The van der Waals surface area contributed by atoms with Crippen LogP contribution in [0.15, 0.2) is 0 Å². The molecule has 1 N–H and O–H groups in total. The van der Waals surface area contributed by atoms with Gasteiger partial charge in [-0.3, -0.25) is 4.90 Å². The van der Waals surface area contributed by atoms with E-state index in [1.54, 1.807) is 0 Å². The molecule has 3 heteroatoms. The predicted molar refractivity (Wildman–Crippen MR) is 67.4 cm³/mol. The van der Waals surface area contributed by atoms with Crippen LogP contribution in [0.25, 0.3) is 0 Å². The number of rotatable bonds is 4. The molecule has 0 aliphatic carbocycles. The maximum Gasteiger partial charge on any atom is 0.0864 e. The van der Waals surface area contributed by atoms with E-state index >= 15 is 0 Å². The second-order valence-electron chi connectivity index (χ2n) is 4.52. The van der Waals surface area contributed by atoms with E-state index in [1.807, 2.05) is 14.0 Å². The van der Waals surface area contributed by atoms with Crippen LogP contribution in [0.3, 0.4) is 0 Å². The lowest BCUT2D eigenvalue weighted by atomic mass is 10.1. The van der Waals surface area contributed by atoms with Gasteiger partial charge < -0.3 is 10.1 Å². The fraction of sp³-hybridized carbons (Fsp3) is 0.846. The summed E-state index contributed by atoms with van der Waals surface area (Å²) in [6.07, 6.45) is 1.13. The minimum Gasteiger partial charge on any atom is -0.374 e. The zero-order valence-corrected chi connectivity index (χ0v) is 10.9. The van der Waals surface area contributed by atoms with Crippen molar-refractivity contribution in [2.24, 2.45) is 0 Å². The Bertz CT molecular complexity index is 254. The van der Waals surface area contributed by atoms with Gasteiger partial charge in [0.05, 0.1) is 12.7 Å². The molecule has 3 nitrogen and oxygen atoms in total. The summed E-state index contributed by atoms with van der Waals surface area (Å²) >= 11 is 0. The summed E-state index contributed by atoms with van der Waals surface area (Å²) in [5, 5.41) is 3.31. The molecule has 2 unspecified atom stereocenters. The van der Waals surface area contributed by atoms with Crippen molar-refractivity contribution < 1.29 is 4.74 Å². The molecule has 1 rings (SSSR count). The van der Waals surface area contributed by atoms with Gasteiger partial charge in [0.25, 0.3) is 0 Å². The van der Waals surface area contributed by atoms with Crippen LogP contribution in [0.5, 0.6) is 0 Å². The van der Waals surface area contributed by atoms with Gasteiger partial charge in [0.1, 0.15) is 0 Å². The Balaban J connectivity index is 2.52. The van der Waals surface area contributed by atoms with Crippen molar-refractivity contribution in [1.82, 2.24) is 10.2 Å². The third-order valence-corrected chi connectivity index (χ3v) is 3.17. The maximum atomic E-state index is 5.84. The second kappa shape index (κ2) is 6.90. The maximum absolute atomic E-state index is 5.84. The van der Waals surface area contributed by atoms with Crippen molar-refractivity contribution in [2.75, 3.05) is 26.7 Å². The largest absolute Gasteiger partial charge is 0.374 e. The lowest BCUT2D eigenvalue weighted by Gasteiger charge is -2.38. The number of nitrogens with zero attached hydrogens (tertiary/aromatic N) is 1. The van der Waals surface area contributed by atoms with Gasteiger partial charge in [-0.25, -0.2) is 0 Å². The molecule has 0 bridgehead atoms. The third-order valence-electron chi connectivity index (χ3n) is 3.17. The molecular formula is C13H24N2O. The summed E-state index contributed by atoms with van der Waals surface area (Å²) in [4.78, 5) is 2.47. The average Bonchev–Trinajstić information content (AvgIpc) is 2.30. The lowest BCUT2D eigenvalue weighted by Crippen LogP contribution is -2.53. The molecule has 0 saturated carbocycles. The first-order valence-corrected chi connectivity index (χ1v) is 6.11. The van der Waals surface area contributed by atoms with E-state index in [9.17, 15) is 0 Å². The first kappa shape index (κ1) is 13.5. The Morgan fingerprint density at radius 2 is 2.25 bits per heavy atom. The second-order valence-corrected chi connectivity index (χ2v) is 4.52. The Kier molecular flexibility index (Phi) is 5.83. The van der Waals surface area contributed by atoms with Crippen LogP contribution in [-0.4, -0.2) is 49.8 Å². The average molecular weight is 224 g/mol. The first-order chi connectivity index (χ1) is 7.69. The van der Waals surface area contributed by atoms with Gasteiger partial charge in [-0.2, -0.15) is 0 Å². The first-order valence-electron chi connectivity index (χ1n) is 6.11. The van der Waals surface area contributed by atoms with Crippen LogP contribution in [0.2, 0.25) is 0 Å². The molecule has 1 saturated heterocycles. The molecule has 1 aliphatic rings. The molecule has 2 atom stereocenters. The molecule has 1 heterocycles. The van der Waals surface area contributed by atoms with Crippen molar-refractivity contribution in [2.45, 2.75) is 45.4 Å². The Morgan fingerprint density at radius 1 is 1.50 bits per heavy atom. The minimum atomic E-state index is 0.266. The molecule has 16 heavy (non-hydrogen) atoms. The third kappa shape index (κ3) is 3.79. The van der Waals surface area contributed by atoms with E-state index in [0.29, 0.717) is 12.1 Å². The van der Waals surface area contributed by atoms with E-state index in [0.717, 1.165) is 26.1 Å². The molecule has 0 radical (unpaired) electrons. The zero-order valence-electron chi connectivity index (χ0n) is 10.9. The molecule has 1 fully saturated rings. The van der Waals surface area contributed by atoms with Crippen molar-refractivity contribution in [1.29, 1.82) is 0 Å². The Labute approximate surface area is 99.5 Å². The molecule has 0 amide bonds. The number of hydrogen-bond acceptors (Lipinski definition) is 3. The van der Waals surface area contributed by atoms with Gasteiger partial charge >= 0.3 is 0 Å². The van der Waals surface area contributed by atoms with E-state index in [4.69, 9.17) is 4.74 Å². The fourth-order valence-corrected chi connectivity index (χ4v) is 2.04. The van der Waals surface area contributed by atoms with E-state index in [-0.39, 0.29) is 6.10 Å². The summed E-state index contributed by atoms with van der Waals surface area (Å²) < 4.78 is 5.84. The van der Waals surface area contributed by atoms with Crippen LogP contribution in [0.1, 0.15) is 27.2 Å². The molecule has 0 aromatic carbocycles. The number of ether oxygens (including phenoxy) is 1.